The number of para-hydroxylation sites is 1. The first kappa shape index (κ1) is 23.0. The van der Waals surface area contributed by atoms with E-state index in [1.165, 1.54) is 6.33 Å². The number of benzene rings is 2. The van der Waals surface area contributed by atoms with E-state index in [-0.39, 0.29) is 5.78 Å². The Bertz CT molecular complexity index is 1380. The highest BCUT2D eigenvalue weighted by molar-refractivity contribution is 6.35. The topological polar surface area (TPSA) is 95.2 Å². The van der Waals surface area contributed by atoms with Crippen molar-refractivity contribution >= 4 is 34.2 Å². The Labute approximate surface area is 214 Å². The van der Waals surface area contributed by atoms with Gasteiger partial charge in [0.25, 0.3) is 0 Å². The van der Waals surface area contributed by atoms with E-state index in [2.05, 4.69) is 30.5 Å². The number of likely N-dealkylation sites (tertiary alicyclic amines) is 1. The van der Waals surface area contributed by atoms with Crippen LogP contribution in [-0.4, -0.2) is 63.9 Å². The summed E-state index contributed by atoms with van der Waals surface area (Å²) in [5.74, 6) is 1.75. The zero-order valence-electron chi connectivity index (χ0n) is 19.7. The second-order valence-electron chi connectivity index (χ2n) is 9.30. The van der Waals surface area contributed by atoms with Gasteiger partial charge in [-0.2, -0.15) is 0 Å². The maximum absolute atomic E-state index is 13.6. The molecule has 0 bridgehead atoms. The third-order valence-corrected chi connectivity index (χ3v) is 7.34. The van der Waals surface area contributed by atoms with Crippen LogP contribution in [0.4, 0.5) is 5.82 Å². The lowest BCUT2D eigenvalue weighted by molar-refractivity contribution is 0.104. The number of hydrogen-bond donors (Lipinski definition) is 3. The molecule has 0 unspecified atom stereocenters. The first-order valence-electron chi connectivity index (χ1n) is 12.3. The van der Waals surface area contributed by atoms with Crippen molar-refractivity contribution < 1.29 is 9.53 Å². The third-order valence-electron chi connectivity index (χ3n) is 7.03. The second kappa shape index (κ2) is 9.89. The van der Waals surface area contributed by atoms with E-state index >= 15 is 0 Å². The van der Waals surface area contributed by atoms with Crippen LogP contribution >= 0.6 is 11.6 Å². The van der Waals surface area contributed by atoms with Crippen LogP contribution in [0.3, 0.4) is 0 Å². The lowest BCUT2D eigenvalue weighted by Gasteiger charge is -2.42. The molecule has 36 heavy (non-hydrogen) atoms. The first-order chi connectivity index (χ1) is 17.7. The van der Waals surface area contributed by atoms with Crippen LogP contribution in [0.1, 0.15) is 28.8 Å². The van der Waals surface area contributed by atoms with Crippen LogP contribution in [0, 0.1) is 0 Å². The highest BCUT2D eigenvalue weighted by Crippen LogP contribution is 2.32. The largest absolute Gasteiger partial charge is 0.457 e. The van der Waals surface area contributed by atoms with Crippen molar-refractivity contribution in [3.05, 3.63) is 77.2 Å². The van der Waals surface area contributed by atoms with E-state index in [0.29, 0.717) is 56.6 Å². The molecule has 2 aliphatic heterocycles. The van der Waals surface area contributed by atoms with Gasteiger partial charge in [0.15, 0.2) is 5.78 Å². The standard InChI is InChI=1S/C27H27ClN6O2/c28-23-12-20(36-19-4-2-1-3-5-19)6-7-21(23)25(35)22-15-30-26-24(22)27(32-16-31-26)33-17-8-10-34(11-9-17)18-13-29-14-18/h1-7,12,15-18,29H,8-11,13-14H2,(H2,30,31,32,33). The number of halogens is 1. The average molecular weight is 503 g/mol. The third kappa shape index (κ3) is 4.55. The molecule has 2 saturated heterocycles. The van der Waals surface area contributed by atoms with E-state index in [4.69, 9.17) is 16.3 Å². The number of rotatable bonds is 7. The fraction of sp³-hybridized carbons (Fsp3) is 0.296. The van der Waals surface area contributed by atoms with Gasteiger partial charge in [-0.3, -0.25) is 9.69 Å². The summed E-state index contributed by atoms with van der Waals surface area (Å²) in [6.07, 6.45) is 5.27. The second-order valence-corrected chi connectivity index (χ2v) is 9.71. The summed E-state index contributed by atoms with van der Waals surface area (Å²) in [6, 6.07) is 15.5. The smallest absolute Gasteiger partial charge is 0.196 e. The monoisotopic (exact) mass is 502 g/mol. The minimum Gasteiger partial charge on any atom is -0.457 e. The van der Waals surface area contributed by atoms with Crippen LogP contribution in [-0.2, 0) is 0 Å². The molecule has 9 heteroatoms. The van der Waals surface area contributed by atoms with E-state index in [0.717, 1.165) is 39.0 Å². The molecule has 0 saturated carbocycles. The van der Waals surface area contributed by atoms with Crippen LogP contribution < -0.4 is 15.4 Å². The predicted molar refractivity (Wildman–Crippen MR) is 140 cm³/mol. The van der Waals surface area contributed by atoms with E-state index in [1.807, 2.05) is 30.3 Å². The van der Waals surface area contributed by atoms with Crippen LogP contribution in [0.5, 0.6) is 11.5 Å². The number of nitrogens with zero attached hydrogens (tertiary/aromatic N) is 3. The fourth-order valence-corrected chi connectivity index (χ4v) is 5.15. The Morgan fingerprint density at radius 1 is 1.03 bits per heavy atom. The number of aromatic nitrogens is 3. The summed E-state index contributed by atoms with van der Waals surface area (Å²) in [5, 5.41) is 7.95. The molecule has 0 radical (unpaired) electrons. The molecule has 2 fully saturated rings. The van der Waals surface area contributed by atoms with Crippen molar-refractivity contribution in [3.63, 3.8) is 0 Å². The van der Waals surface area contributed by atoms with Crippen LogP contribution in [0.25, 0.3) is 11.0 Å². The molecular formula is C27H27ClN6O2. The number of ether oxygens (including phenoxy) is 1. The number of H-pyrrole nitrogens is 1. The molecular weight excluding hydrogens is 476 g/mol. The number of fused-ring (bicyclic) bond motifs is 1. The Hall–Kier alpha value is -3.46. The van der Waals surface area contributed by atoms with Gasteiger partial charge in [0.2, 0.25) is 0 Å². The van der Waals surface area contributed by atoms with Gasteiger partial charge in [0.1, 0.15) is 29.3 Å². The molecule has 0 spiro atoms. The minimum atomic E-state index is -0.192. The maximum Gasteiger partial charge on any atom is 0.196 e. The summed E-state index contributed by atoms with van der Waals surface area (Å²) in [4.78, 5) is 28.1. The lowest BCUT2D eigenvalue weighted by atomic mass is 10.00. The Morgan fingerprint density at radius 2 is 1.83 bits per heavy atom. The van der Waals surface area contributed by atoms with Crippen LogP contribution in [0.15, 0.2) is 61.1 Å². The summed E-state index contributed by atoms with van der Waals surface area (Å²) in [6.45, 7) is 4.29. The van der Waals surface area contributed by atoms with Gasteiger partial charge < -0.3 is 20.4 Å². The number of carbonyl (C=O) groups excluding carboxylic acids is 1. The summed E-state index contributed by atoms with van der Waals surface area (Å²) in [7, 11) is 0. The highest BCUT2D eigenvalue weighted by atomic mass is 35.5. The number of aromatic amines is 1. The molecule has 8 nitrogen and oxygen atoms in total. The van der Waals surface area contributed by atoms with Crippen molar-refractivity contribution in [2.75, 3.05) is 31.5 Å². The van der Waals surface area contributed by atoms with Gasteiger partial charge in [-0.1, -0.05) is 29.8 Å². The van der Waals surface area contributed by atoms with Crippen molar-refractivity contribution in [2.45, 2.75) is 24.9 Å². The molecule has 3 N–H and O–H groups in total. The van der Waals surface area contributed by atoms with Crippen molar-refractivity contribution in [1.82, 2.24) is 25.2 Å². The minimum absolute atomic E-state index is 0.192. The summed E-state index contributed by atoms with van der Waals surface area (Å²) >= 11 is 6.54. The van der Waals surface area contributed by atoms with E-state index < -0.39 is 0 Å². The number of piperidine rings is 1. The number of nitrogens with one attached hydrogen (secondary N) is 3. The molecule has 4 heterocycles. The number of ketones is 1. The summed E-state index contributed by atoms with van der Waals surface area (Å²) in [5.41, 5.74) is 1.51. The van der Waals surface area contributed by atoms with Gasteiger partial charge >= 0.3 is 0 Å². The zero-order chi connectivity index (χ0) is 24.5. The van der Waals surface area contributed by atoms with Crippen molar-refractivity contribution in [2.24, 2.45) is 0 Å². The van der Waals surface area contributed by atoms with Gasteiger partial charge in [-0.15, -0.1) is 0 Å². The van der Waals surface area contributed by atoms with Gasteiger partial charge in [-0.05, 0) is 37.1 Å². The molecule has 2 aromatic heterocycles. The quantitative estimate of drug-likeness (QED) is 0.321. The molecule has 6 rings (SSSR count). The highest BCUT2D eigenvalue weighted by Gasteiger charge is 2.29. The number of carbonyl (C=O) groups is 1. The molecule has 0 aliphatic carbocycles. The Kier molecular flexibility index (Phi) is 6.31. The number of anilines is 1. The Morgan fingerprint density at radius 3 is 2.56 bits per heavy atom. The molecule has 184 valence electrons. The SMILES string of the molecule is O=C(c1ccc(Oc2ccccc2)cc1Cl)c1c[nH]c2ncnc(NC3CCN(C4CNC4)CC3)c12. The maximum atomic E-state index is 13.6. The van der Waals surface area contributed by atoms with Gasteiger partial charge in [-0.25, -0.2) is 9.97 Å². The molecule has 0 atom stereocenters. The van der Waals surface area contributed by atoms with E-state index in [9.17, 15) is 4.79 Å². The van der Waals surface area contributed by atoms with Crippen molar-refractivity contribution in [1.29, 1.82) is 0 Å². The van der Waals surface area contributed by atoms with Crippen molar-refractivity contribution in [3.8, 4) is 11.5 Å². The lowest BCUT2D eigenvalue weighted by Crippen LogP contribution is -2.59. The first-order valence-corrected chi connectivity index (χ1v) is 12.6. The molecule has 2 aliphatic rings. The van der Waals surface area contributed by atoms with E-state index in [1.54, 1.807) is 24.4 Å². The van der Waals surface area contributed by atoms with Crippen LogP contribution in [0.2, 0.25) is 5.02 Å². The fourth-order valence-electron chi connectivity index (χ4n) is 4.90. The zero-order valence-corrected chi connectivity index (χ0v) is 20.5. The number of hydrogen-bond acceptors (Lipinski definition) is 7. The summed E-state index contributed by atoms with van der Waals surface area (Å²) < 4.78 is 5.85. The van der Waals surface area contributed by atoms with Gasteiger partial charge in [0.05, 0.1) is 16.0 Å². The molecule has 2 aromatic carbocycles. The Balaban J connectivity index is 1.22. The average Bonchev–Trinajstić information content (AvgIpc) is 3.30. The molecule has 4 aromatic rings. The normalized spacial score (nSPS) is 17.1. The predicted octanol–water partition coefficient (Wildman–Crippen LogP) is 4.48. The molecule has 0 amide bonds. The van der Waals surface area contributed by atoms with Gasteiger partial charge in [0, 0.05) is 56.1 Å².